The largest absolute Gasteiger partial charge is 0.393 e. The van der Waals surface area contributed by atoms with Gasteiger partial charge in [0.15, 0.2) is 0 Å². The smallest absolute Gasteiger partial charge is 0.321 e. The molecule has 1 aromatic carbocycles. The number of urea groups is 1. The molecule has 18 heavy (non-hydrogen) atoms. The summed E-state index contributed by atoms with van der Waals surface area (Å²) in [7, 11) is 0. The lowest BCUT2D eigenvalue weighted by Crippen LogP contribution is -2.42. The van der Waals surface area contributed by atoms with Gasteiger partial charge >= 0.3 is 6.03 Å². The zero-order valence-electron chi connectivity index (χ0n) is 9.97. The van der Waals surface area contributed by atoms with Crippen molar-refractivity contribution in [2.75, 3.05) is 18.4 Å². The Hall–Kier alpha value is -2.06. The number of piperidine rings is 1. The third kappa shape index (κ3) is 2.99. The molecule has 1 saturated heterocycles. The van der Waals surface area contributed by atoms with Crippen molar-refractivity contribution in [1.29, 1.82) is 5.26 Å². The van der Waals surface area contributed by atoms with Gasteiger partial charge in [0, 0.05) is 18.8 Å². The lowest BCUT2D eigenvalue weighted by Gasteiger charge is -2.29. The molecule has 1 heterocycles. The van der Waals surface area contributed by atoms with Crippen LogP contribution in [0.4, 0.5) is 10.5 Å². The number of amides is 2. The zero-order chi connectivity index (χ0) is 13.0. The van der Waals surface area contributed by atoms with Gasteiger partial charge in [0.1, 0.15) is 0 Å². The van der Waals surface area contributed by atoms with Crippen LogP contribution in [0.2, 0.25) is 0 Å². The van der Waals surface area contributed by atoms with E-state index in [0.717, 1.165) is 0 Å². The Morgan fingerprint density at radius 1 is 1.33 bits per heavy atom. The highest BCUT2D eigenvalue weighted by molar-refractivity contribution is 5.89. The number of nitrogens with zero attached hydrogens (tertiary/aromatic N) is 2. The fourth-order valence-corrected chi connectivity index (χ4v) is 1.90. The van der Waals surface area contributed by atoms with Crippen LogP contribution in [-0.2, 0) is 0 Å². The van der Waals surface area contributed by atoms with E-state index in [9.17, 15) is 9.90 Å². The lowest BCUT2D eigenvalue weighted by atomic mass is 10.1. The Balaban J connectivity index is 1.92. The number of nitrogens with one attached hydrogen (secondary N) is 1. The van der Waals surface area contributed by atoms with Crippen molar-refractivity contribution in [3.63, 3.8) is 0 Å². The lowest BCUT2D eigenvalue weighted by molar-refractivity contribution is 0.0972. The maximum atomic E-state index is 11.9. The van der Waals surface area contributed by atoms with E-state index < -0.39 is 0 Å². The van der Waals surface area contributed by atoms with Crippen LogP contribution < -0.4 is 5.32 Å². The Morgan fingerprint density at radius 2 is 1.94 bits per heavy atom. The van der Waals surface area contributed by atoms with Gasteiger partial charge in [0.05, 0.1) is 17.7 Å². The van der Waals surface area contributed by atoms with Gasteiger partial charge in [-0.3, -0.25) is 0 Å². The van der Waals surface area contributed by atoms with Gasteiger partial charge < -0.3 is 15.3 Å². The van der Waals surface area contributed by atoms with E-state index in [2.05, 4.69) is 5.32 Å². The zero-order valence-corrected chi connectivity index (χ0v) is 9.97. The quantitative estimate of drug-likeness (QED) is 0.788. The molecule has 0 aromatic heterocycles. The molecule has 2 rings (SSSR count). The number of benzene rings is 1. The molecule has 0 atom stereocenters. The predicted molar refractivity (Wildman–Crippen MR) is 67.0 cm³/mol. The second kappa shape index (κ2) is 5.52. The summed E-state index contributed by atoms with van der Waals surface area (Å²) in [6, 6.07) is 8.60. The standard InChI is InChI=1S/C13H15N3O2/c14-9-10-1-3-11(4-2-10)15-13(18)16-7-5-12(17)6-8-16/h1-4,12,17H,5-8H2,(H,15,18). The van der Waals surface area contributed by atoms with E-state index in [1.807, 2.05) is 6.07 Å². The number of rotatable bonds is 1. The average molecular weight is 245 g/mol. The minimum Gasteiger partial charge on any atom is -0.393 e. The van der Waals surface area contributed by atoms with Crippen LogP contribution >= 0.6 is 0 Å². The SMILES string of the molecule is N#Cc1ccc(NC(=O)N2CCC(O)CC2)cc1. The number of hydrogen-bond donors (Lipinski definition) is 2. The third-order valence-corrected chi connectivity index (χ3v) is 3.02. The molecule has 1 aliphatic rings. The van der Waals surface area contributed by atoms with Crippen LogP contribution in [0, 0.1) is 11.3 Å². The summed E-state index contributed by atoms with van der Waals surface area (Å²) in [6.07, 6.45) is 0.964. The molecule has 0 saturated carbocycles. The van der Waals surface area contributed by atoms with Gasteiger partial charge in [-0.15, -0.1) is 0 Å². The molecule has 0 unspecified atom stereocenters. The molecule has 94 valence electrons. The second-order valence-corrected chi connectivity index (χ2v) is 4.34. The summed E-state index contributed by atoms with van der Waals surface area (Å²) < 4.78 is 0. The van der Waals surface area contributed by atoms with E-state index in [0.29, 0.717) is 37.2 Å². The van der Waals surface area contributed by atoms with Crippen LogP contribution in [0.1, 0.15) is 18.4 Å². The number of carbonyl (C=O) groups excluding carboxylic acids is 1. The molecule has 5 nitrogen and oxygen atoms in total. The minimum absolute atomic E-state index is 0.161. The number of hydrogen-bond acceptors (Lipinski definition) is 3. The predicted octanol–water partition coefficient (Wildman–Crippen LogP) is 1.55. The van der Waals surface area contributed by atoms with Crippen molar-refractivity contribution >= 4 is 11.7 Å². The maximum absolute atomic E-state index is 11.9. The Morgan fingerprint density at radius 3 is 2.50 bits per heavy atom. The van der Waals surface area contributed by atoms with Crippen LogP contribution in [0.25, 0.3) is 0 Å². The van der Waals surface area contributed by atoms with Crippen molar-refractivity contribution in [2.45, 2.75) is 18.9 Å². The fourth-order valence-electron chi connectivity index (χ4n) is 1.90. The summed E-state index contributed by atoms with van der Waals surface area (Å²) in [5, 5.41) is 20.8. The van der Waals surface area contributed by atoms with Crippen molar-refractivity contribution in [3.8, 4) is 6.07 Å². The first-order valence-corrected chi connectivity index (χ1v) is 5.93. The normalized spacial score (nSPS) is 16.1. The monoisotopic (exact) mass is 245 g/mol. The Labute approximate surface area is 106 Å². The summed E-state index contributed by atoms with van der Waals surface area (Å²) in [5.41, 5.74) is 1.24. The molecule has 1 fully saturated rings. The Bertz CT molecular complexity index is 456. The molecule has 0 aliphatic carbocycles. The number of likely N-dealkylation sites (tertiary alicyclic amines) is 1. The number of nitriles is 1. The van der Waals surface area contributed by atoms with Crippen LogP contribution in [-0.4, -0.2) is 35.2 Å². The Kier molecular flexibility index (Phi) is 3.80. The van der Waals surface area contributed by atoms with E-state index in [1.54, 1.807) is 29.2 Å². The van der Waals surface area contributed by atoms with Crippen LogP contribution in [0.5, 0.6) is 0 Å². The van der Waals surface area contributed by atoms with Gasteiger partial charge in [-0.2, -0.15) is 5.26 Å². The molecule has 2 N–H and O–H groups in total. The molecule has 1 aliphatic heterocycles. The first-order chi connectivity index (χ1) is 8.69. The summed E-state index contributed by atoms with van der Waals surface area (Å²) >= 11 is 0. The number of carbonyl (C=O) groups is 1. The van der Waals surface area contributed by atoms with Crippen LogP contribution in [0.15, 0.2) is 24.3 Å². The van der Waals surface area contributed by atoms with Gasteiger partial charge in [0.25, 0.3) is 0 Å². The molecule has 0 bridgehead atoms. The summed E-state index contributed by atoms with van der Waals surface area (Å²) in [5.74, 6) is 0. The number of anilines is 1. The third-order valence-electron chi connectivity index (χ3n) is 3.02. The molecule has 0 spiro atoms. The molecule has 5 heteroatoms. The van der Waals surface area contributed by atoms with Gasteiger partial charge in [-0.25, -0.2) is 4.79 Å². The topological polar surface area (TPSA) is 76.4 Å². The fraction of sp³-hybridized carbons (Fsp3) is 0.385. The van der Waals surface area contributed by atoms with Crippen molar-refractivity contribution in [3.05, 3.63) is 29.8 Å². The molecular weight excluding hydrogens is 230 g/mol. The van der Waals surface area contributed by atoms with E-state index in [1.165, 1.54) is 0 Å². The average Bonchev–Trinajstić information content (AvgIpc) is 2.40. The van der Waals surface area contributed by atoms with Gasteiger partial charge in [-0.1, -0.05) is 0 Å². The minimum atomic E-state index is -0.288. The van der Waals surface area contributed by atoms with Crippen molar-refractivity contribution in [1.82, 2.24) is 4.90 Å². The van der Waals surface area contributed by atoms with Crippen molar-refractivity contribution < 1.29 is 9.90 Å². The second-order valence-electron chi connectivity index (χ2n) is 4.34. The van der Waals surface area contributed by atoms with Crippen molar-refractivity contribution in [2.24, 2.45) is 0 Å². The van der Waals surface area contributed by atoms with Gasteiger partial charge in [-0.05, 0) is 37.1 Å². The van der Waals surface area contributed by atoms with Gasteiger partial charge in [0.2, 0.25) is 0 Å². The molecular formula is C13H15N3O2. The molecule has 2 amide bonds. The molecule has 1 aromatic rings. The highest BCUT2D eigenvalue weighted by atomic mass is 16.3. The molecule has 0 radical (unpaired) electrons. The maximum Gasteiger partial charge on any atom is 0.321 e. The first kappa shape index (κ1) is 12.4. The number of aliphatic hydroxyl groups is 1. The first-order valence-electron chi connectivity index (χ1n) is 5.93. The van der Waals surface area contributed by atoms with E-state index in [4.69, 9.17) is 5.26 Å². The highest BCUT2D eigenvalue weighted by Crippen LogP contribution is 2.13. The highest BCUT2D eigenvalue weighted by Gasteiger charge is 2.21. The van der Waals surface area contributed by atoms with Crippen LogP contribution in [0.3, 0.4) is 0 Å². The van der Waals surface area contributed by atoms with E-state index in [-0.39, 0.29) is 12.1 Å². The summed E-state index contributed by atoms with van der Waals surface area (Å²) in [4.78, 5) is 13.6. The number of aliphatic hydroxyl groups excluding tert-OH is 1. The summed E-state index contributed by atoms with van der Waals surface area (Å²) in [6.45, 7) is 1.15. The van der Waals surface area contributed by atoms with E-state index >= 15 is 0 Å².